The van der Waals surface area contributed by atoms with Gasteiger partial charge in [0.05, 0.1) is 0 Å². The molecular formula is C14H24N2O6. The van der Waals surface area contributed by atoms with E-state index in [1.54, 1.807) is 0 Å². The second-order valence-corrected chi connectivity index (χ2v) is 4.92. The van der Waals surface area contributed by atoms with Gasteiger partial charge in [-0.05, 0) is 25.7 Å². The van der Waals surface area contributed by atoms with E-state index in [0.29, 0.717) is 51.6 Å². The number of carboxylic acids is 2. The summed E-state index contributed by atoms with van der Waals surface area (Å²) in [5.74, 6) is -3.09. The fourth-order valence-corrected chi connectivity index (χ4v) is 1.72. The van der Waals surface area contributed by atoms with Crippen LogP contribution in [0, 0.1) is 0 Å². The van der Waals surface area contributed by atoms with Crippen molar-refractivity contribution in [1.29, 1.82) is 0 Å². The maximum atomic E-state index is 11.4. The van der Waals surface area contributed by atoms with Gasteiger partial charge in [-0.15, -0.1) is 0 Å². The van der Waals surface area contributed by atoms with Gasteiger partial charge in [0.2, 0.25) is 0 Å². The standard InChI is InChI=1S/C14H24N2O6/c17-11(18)7-3-1-5-9-15-13(21)14(22)16-10-6-2-4-8-12(19)20/h1-10H2,(H,15,21)(H,16,22)(H,17,18)(H,19,20). The predicted molar refractivity (Wildman–Crippen MR) is 78.2 cm³/mol. The Morgan fingerprint density at radius 3 is 1.27 bits per heavy atom. The zero-order chi connectivity index (χ0) is 16.8. The summed E-state index contributed by atoms with van der Waals surface area (Å²) in [6, 6.07) is 0. The molecule has 0 spiro atoms. The lowest BCUT2D eigenvalue weighted by Crippen LogP contribution is -2.40. The third-order valence-corrected chi connectivity index (χ3v) is 2.91. The van der Waals surface area contributed by atoms with Crippen molar-refractivity contribution in [2.24, 2.45) is 0 Å². The van der Waals surface area contributed by atoms with Crippen LogP contribution >= 0.6 is 0 Å². The van der Waals surface area contributed by atoms with Gasteiger partial charge in [0.1, 0.15) is 0 Å². The first-order valence-electron chi connectivity index (χ1n) is 7.43. The van der Waals surface area contributed by atoms with Gasteiger partial charge in [-0.1, -0.05) is 12.8 Å². The zero-order valence-electron chi connectivity index (χ0n) is 12.6. The highest BCUT2D eigenvalue weighted by atomic mass is 16.4. The molecule has 0 aliphatic rings. The zero-order valence-corrected chi connectivity index (χ0v) is 12.6. The molecule has 0 fully saturated rings. The normalized spacial score (nSPS) is 10.0. The van der Waals surface area contributed by atoms with Crippen molar-refractivity contribution < 1.29 is 29.4 Å². The van der Waals surface area contributed by atoms with E-state index < -0.39 is 23.8 Å². The summed E-state index contributed by atoms with van der Waals surface area (Å²) in [6.45, 7) is 0.676. The van der Waals surface area contributed by atoms with E-state index in [1.807, 2.05) is 0 Å². The Morgan fingerprint density at radius 2 is 0.955 bits per heavy atom. The molecule has 0 aliphatic heterocycles. The van der Waals surface area contributed by atoms with Gasteiger partial charge in [0.15, 0.2) is 0 Å². The van der Waals surface area contributed by atoms with Crippen LogP contribution < -0.4 is 10.6 Å². The fourth-order valence-electron chi connectivity index (χ4n) is 1.72. The van der Waals surface area contributed by atoms with Crippen molar-refractivity contribution in [1.82, 2.24) is 10.6 Å². The van der Waals surface area contributed by atoms with Crippen LogP contribution in [0.3, 0.4) is 0 Å². The first-order chi connectivity index (χ1) is 10.4. The second kappa shape index (κ2) is 12.6. The number of amides is 2. The number of aliphatic carboxylic acids is 2. The molecule has 4 N–H and O–H groups in total. The van der Waals surface area contributed by atoms with Crippen molar-refractivity contribution in [3.05, 3.63) is 0 Å². The summed E-state index contributed by atoms with van der Waals surface area (Å²) in [7, 11) is 0. The lowest BCUT2D eigenvalue weighted by Gasteiger charge is -2.06. The SMILES string of the molecule is O=C(O)CCCCCNC(=O)C(=O)NCCCCCC(=O)O. The Bertz CT molecular complexity index is 348. The molecule has 2 amide bonds. The van der Waals surface area contributed by atoms with Crippen molar-refractivity contribution in [2.75, 3.05) is 13.1 Å². The number of hydrogen-bond acceptors (Lipinski definition) is 4. The fraction of sp³-hybridized carbons (Fsp3) is 0.714. The Labute approximate surface area is 129 Å². The van der Waals surface area contributed by atoms with Crippen molar-refractivity contribution in [2.45, 2.75) is 51.4 Å². The number of nitrogens with one attached hydrogen (secondary N) is 2. The molecule has 0 unspecified atom stereocenters. The first-order valence-corrected chi connectivity index (χ1v) is 7.43. The van der Waals surface area contributed by atoms with Gasteiger partial charge < -0.3 is 20.8 Å². The number of unbranched alkanes of at least 4 members (excludes halogenated alkanes) is 4. The molecule has 126 valence electrons. The molecule has 0 heterocycles. The lowest BCUT2D eigenvalue weighted by molar-refractivity contribution is -0.139. The Morgan fingerprint density at radius 1 is 0.591 bits per heavy atom. The van der Waals surface area contributed by atoms with Crippen LogP contribution in [0.1, 0.15) is 51.4 Å². The number of carboxylic acid groups (broad SMARTS) is 2. The molecule has 0 saturated heterocycles. The summed E-state index contributed by atoms with van der Waals surface area (Å²) in [6.07, 6.45) is 3.92. The van der Waals surface area contributed by atoms with Crippen LogP contribution in [0.2, 0.25) is 0 Å². The molecule has 0 aliphatic carbocycles. The van der Waals surface area contributed by atoms with Crippen molar-refractivity contribution in [3.63, 3.8) is 0 Å². The lowest BCUT2D eigenvalue weighted by atomic mass is 10.2. The molecule has 0 bridgehead atoms. The summed E-state index contributed by atoms with van der Waals surface area (Å²) in [4.78, 5) is 43.4. The average molecular weight is 316 g/mol. The van der Waals surface area contributed by atoms with Crippen LogP contribution in [0.5, 0.6) is 0 Å². The highest BCUT2D eigenvalue weighted by Crippen LogP contribution is 1.99. The molecule has 0 aromatic rings. The minimum Gasteiger partial charge on any atom is -0.481 e. The molecule has 8 heteroatoms. The van der Waals surface area contributed by atoms with E-state index in [2.05, 4.69) is 10.6 Å². The van der Waals surface area contributed by atoms with Crippen LogP contribution in [-0.4, -0.2) is 47.1 Å². The molecular weight excluding hydrogens is 292 g/mol. The Balaban J connectivity index is 3.49. The summed E-state index contributed by atoms with van der Waals surface area (Å²) in [5.41, 5.74) is 0. The average Bonchev–Trinajstić information content (AvgIpc) is 2.45. The van der Waals surface area contributed by atoms with E-state index in [4.69, 9.17) is 10.2 Å². The summed E-state index contributed by atoms with van der Waals surface area (Å²) < 4.78 is 0. The minimum absolute atomic E-state index is 0.107. The van der Waals surface area contributed by atoms with Crippen LogP contribution in [0.15, 0.2) is 0 Å². The number of carbonyl (C=O) groups excluding carboxylic acids is 2. The molecule has 0 aromatic carbocycles. The van der Waals surface area contributed by atoms with Gasteiger partial charge in [0.25, 0.3) is 0 Å². The molecule has 8 nitrogen and oxygen atoms in total. The third-order valence-electron chi connectivity index (χ3n) is 2.91. The first kappa shape index (κ1) is 19.9. The van der Waals surface area contributed by atoms with E-state index in [1.165, 1.54) is 0 Å². The van der Waals surface area contributed by atoms with Crippen molar-refractivity contribution >= 4 is 23.8 Å². The highest BCUT2D eigenvalue weighted by Gasteiger charge is 2.11. The van der Waals surface area contributed by atoms with Crippen molar-refractivity contribution in [3.8, 4) is 0 Å². The monoisotopic (exact) mass is 316 g/mol. The van der Waals surface area contributed by atoms with E-state index in [0.717, 1.165) is 0 Å². The smallest absolute Gasteiger partial charge is 0.309 e. The van der Waals surface area contributed by atoms with Gasteiger partial charge >= 0.3 is 23.8 Å². The number of hydrogen-bond donors (Lipinski definition) is 4. The number of carbonyl (C=O) groups is 4. The van der Waals surface area contributed by atoms with E-state index >= 15 is 0 Å². The summed E-state index contributed by atoms with van der Waals surface area (Å²) >= 11 is 0. The highest BCUT2D eigenvalue weighted by molar-refractivity contribution is 6.35. The largest absolute Gasteiger partial charge is 0.481 e. The molecule has 22 heavy (non-hydrogen) atoms. The molecule has 0 rings (SSSR count). The predicted octanol–water partition coefficient (Wildman–Crippen LogP) is 0.509. The molecule has 0 saturated carbocycles. The van der Waals surface area contributed by atoms with Crippen LogP contribution in [-0.2, 0) is 19.2 Å². The molecule has 0 atom stereocenters. The Hall–Kier alpha value is -2.12. The van der Waals surface area contributed by atoms with Crippen LogP contribution in [0.25, 0.3) is 0 Å². The quantitative estimate of drug-likeness (QED) is 0.306. The van der Waals surface area contributed by atoms with Gasteiger partial charge in [-0.3, -0.25) is 19.2 Å². The molecule has 0 radical (unpaired) electrons. The van der Waals surface area contributed by atoms with E-state index in [-0.39, 0.29) is 12.8 Å². The molecule has 0 aromatic heterocycles. The maximum Gasteiger partial charge on any atom is 0.309 e. The van der Waals surface area contributed by atoms with E-state index in [9.17, 15) is 19.2 Å². The third kappa shape index (κ3) is 12.9. The summed E-state index contributed by atoms with van der Waals surface area (Å²) in [5, 5.41) is 21.8. The minimum atomic E-state index is -0.841. The topological polar surface area (TPSA) is 133 Å². The van der Waals surface area contributed by atoms with Gasteiger partial charge in [0, 0.05) is 25.9 Å². The van der Waals surface area contributed by atoms with Crippen LogP contribution in [0.4, 0.5) is 0 Å². The Kier molecular flexibility index (Phi) is 11.4. The second-order valence-electron chi connectivity index (χ2n) is 4.92. The number of rotatable bonds is 12. The maximum absolute atomic E-state index is 11.4. The van der Waals surface area contributed by atoms with Gasteiger partial charge in [-0.25, -0.2) is 0 Å². The van der Waals surface area contributed by atoms with Gasteiger partial charge in [-0.2, -0.15) is 0 Å².